The number of amides is 1. The van der Waals surface area contributed by atoms with Crippen LogP contribution in [0.3, 0.4) is 0 Å². The fourth-order valence-corrected chi connectivity index (χ4v) is 5.07. The van der Waals surface area contributed by atoms with Gasteiger partial charge in [0, 0.05) is 48.2 Å². The number of hydrogen-bond acceptors (Lipinski definition) is 5. The van der Waals surface area contributed by atoms with Crippen molar-refractivity contribution in [1.29, 1.82) is 0 Å². The topological polar surface area (TPSA) is 91.0 Å². The number of carbonyl (C=O) groups is 1. The van der Waals surface area contributed by atoms with Gasteiger partial charge in [0.15, 0.2) is 0 Å². The average molecular weight is 474 g/mol. The van der Waals surface area contributed by atoms with Gasteiger partial charge in [0.05, 0.1) is 41.9 Å². The molecule has 2 aliphatic rings. The van der Waals surface area contributed by atoms with Crippen LogP contribution in [0.5, 0.6) is 0 Å². The van der Waals surface area contributed by atoms with Gasteiger partial charge in [0.25, 0.3) is 11.5 Å². The number of halogens is 1. The van der Waals surface area contributed by atoms with Crippen LogP contribution >= 0.6 is 0 Å². The largest absolute Gasteiger partial charge is 0.380 e. The molecule has 1 N–H and O–H groups in total. The quantitative estimate of drug-likeness (QED) is 0.481. The van der Waals surface area contributed by atoms with Crippen molar-refractivity contribution in [1.82, 2.24) is 24.6 Å². The normalized spacial score (nSPS) is 16.7. The Balaban J connectivity index is 1.31. The van der Waals surface area contributed by atoms with Gasteiger partial charge in [-0.25, -0.2) is 4.39 Å². The minimum atomic E-state index is -0.445. The van der Waals surface area contributed by atoms with E-state index in [-0.39, 0.29) is 29.5 Å². The summed E-state index contributed by atoms with van der Waals surface area (Å²) in [5.74, 6) is -0.728. The van der Waals surface area contributed by atoms with Crippen LogP contribution in [0.15, 0.2) is 59.8 Å². The van der Waals surface area contributed by atoms with Crippen molar-refractivity contribution in [2.75, 3.05) is 13.2 Å². The number of carbonyl (C=O) groups excluding carboxylic acids is 1. The molecule has 8 nitrogen and oxygen atoms in total. The van der Waals surface area contributed by atoms with Crippen molar-refractivity contribution >= 4 is 16.8 Å². The maximum Gasteiger partial charge on any atom is 0.260 e. The second-order valence-corrected chi connectivity index (χ2v) is 9.63. The van der Waals surface area contributed by atoms with Crippen LogP contribution < -0.4 is 10.9 Å². The molecule has 1 spiro atoms. The molecule has 1 saturated carbocycles. The van der Waals surface area contributed by atoms with Crippen LogP contribution in [0, 0.1) is 11.2 Å². The zero-order valence-corrected chi connectivity index (χ0v) is 19.2. The van der Waals surface area contributed by atoms with E-state index in [0.29, 0.717) is 33.3 Å². The fraction of sp³-hybridized carbons (Fsp3) is 0.308. The van der Waals surface area contributed by atoms with E-state index in [1.165, 1.54) is 16.8 Å². The maximum atomic E-state index is 15.0. The summed E-state index contributed by atoms with van der Waals surface area (Å²) in [6.07, 6.45) is 6.61. The van der Waals surface area contributed by atoms with Gasteiger partial charge >= 0.3 is 0 Å². The second kappa shape index (κ2) is 8.13. The molecular weight excluding hydrogens is 449 g/mol. The third-order valence-electron chi connectivity index (χ3n) is 7.00. The molecule has 1 amide bonds. The van der Waals surface area contributed by atoms with Crippen molar-refractivity contribution in [2.45, 2.75) is 25.4 Å². The average Bonchev–Trinajstić information content (AvgIpc) is 3.24. The van der Waals surface area contributed by atoms with Crippen molar-refractivity contribution in [3.63, 3.8) is 0 Å². The van der Waals surface area contributed by atoms with E-state index in [4.69, 9.17) is 4.74 Å². The number of ether oxygens (including phenoxy) is 1. The van der Waals surface area contributed by atoms with E-state index >= 15 is 4.39 Å². The molecule has 0 atom stereocenters. The first-order valence-electron chi connectivity index (χ1n) is 11.6. The second-order valence-electron chi connectivity index (χ2n) is 9.63. The molecule has 1 saturated heterocycles. The molecule has 3 aromatic heterocycles. The van der Waals surface area contributed by atoms with Gasteiger partial charge in [0.1, 0.15) is 5.82 Å². The lowest BCUT2D eigenvalue weighted by Gasteiger charge is -2.53. The summed E-state index contributed by atoms with van der Waals surface area (Å²) in [4.78, 5) is 30.7. The molecule has 1 aromatic carbocycles. The van der Waals surface area contributed by atoms with E-state index < -0.39 is 5.82 Å². The van der Waals surface area contributed by atoms with Gasteiger partial charge in [0.2, 0.25) is 0 Å². The highest BCUT2D eigenvalue weighted by Crippen LogP contribution is 2.46. The van der Waals surface area contributed by atoms with Crippen molar-refractivity contribution in [3.05, 3.63) is 82.3 Å². The van der Waals surface area contributed by atoms with E-state index in [1.54, 1.807) is 48.4 Å². The summed E-state index contributed by atoms with van der Waals surface area (Å²) in [5, 5.41) is 7.69. The lowest BCUT2D eigenvalue weighted by Crippen LogP contribution is -2.59. The molecule has 2 fully saturated rings. The Morgan fingerprint density at radius 1 is 1.26 bits per heavy atom. The predicted octanol–water partition coefficient (Wildman–Crippen LogP) is 2.89. The number of aromatic nitrogens is 4. The molecule has 178 valence electrons. The number of nitrogens with zero attached hydrogens (tertiary/aromatic N) is 4. The first-order chi connectivity index (χ1) is 16.9. The lowest BCUT2D eigenvalue weighted by atomic mass is 9.64. The van der Waals surface area contributed by atoms with Gasteiger partial charge < -0.3 is 14.6 Å². The molecule has 35 heavy (non-hydrogen) atoms. The van der Waals surface area contributed by atoms with Crippen LogP contribution in [0.4, 0.5) is 4.39 Å². The third-order valence-corrected chi connectivity index (χ3v) is 7.00. The van der Waals surface area contributed by atoms with Crippen LogP contribution in [0.1, 0.15) is 28.8 Å². The number of nitrogens with one attached hydrogen (secondary N) is 1. The highest BCUT2D eigenvalue weighted by molar-refractivity contribution is 6.05. The Kier molecular flexibility index (Phi) is 5.03. The van der Waals surface area contributed by atoms with Gasteiger partial charge in [-0.15, -0.1) is 0 Å². The van der Waals surface area contributed by atoms with E-state index in [9.17, 15) is 9.59 Å². The van der Waals surface area contributed by atoms with Crippen LogP contribution in [0.25, 0.3) is 22.2 Å². The summed E-state index contributed by atoms with van der Waals surface area (Å²) in [5.41, 5.74) is 2.19. The van der Waals surface area contributed by atoms with E-state index in [2.05, 4.69) is 15.4 Å². The summed E-state index contributed by atoms with van der Waals surface area (Å²) in [7, 11) is 1.80. The number of aryl methyl sites for hydroxylation is 1. The summed E-state index contributed by atoms with van der Waals surface area (Å²) < 4.78 is 23.4. The van der Waals surface area contributed by atoms with Crippen LogP contribution in [-0.2, 0) is 18.3 Å². The third kappa shape index (κ3) is 3.81. The number of fused-ring (bicyclic) bond motifs is 1. The SMILES string of the molecule is Cn1ccc(-c2ccc(Cn3cc(C(=O)NC4CC5(COC5)C4)c4ncccc4c3=O)c(F)c2)n1. The molecule has 9 heteroatoms. The van der Waals surface area contributed by atoms with Gasteiger partial charge in [-0.2, -0.15) is 5.10 Å². The highest BCUT2D eigenvalue weighted by Gasteiger charge is 2.50. The Morgan fingerprint density at radius 3 is 2.77 bits per heavy atom. The number of pyridine rings is 2. The minimum Gasteiger partial charge on any atom is -0.380 e. The van der Waals surface area contributed by atoms with E-state index in [1.807, 2.05) is 6.07 Å². The first-order valence-corrected chi connectivity index (χ1v) is 11.6. The van der Waals surface area contributed by atoms with Crippen molar-refractivity contribution < 1.29 is 13.9 Å². The number of hydrogen-bond donors (Lipinski definition) is 1. The Morgan fingerprint density at radius 2 is 2.09 bits per heavy atom. The van der Waals surface area contributed by atoms with Gasteiger partial charge in [-0.1, -0.05) is 12.1 Å². The van der Waals surface area contributed by atoms with Crippen LogP contribution in [-0.4, -0.2) is 44.5 Å². The number of rotatable bonds is 5. The molecule has 0 radical (unpaired) electrons. The Hall–Kier alpha value is -3.85. The minimum absolute atomic E-state index is 0.0117. The predicted molar refractivity (Wildman–Crippen MR) is 127 cm³/mol. The highest BCUT2D eigenvalue weighted by atomic mass is 19.1. The van der Waals surface area contributed by atoms with Gasteiger partial charge in [-0.05, 0) is 37.1 Å². The molecule has 0 bridgehead atoms. The monoisotopic (exact) mass is 473 g/mol. The molecule has 0 unspecified atom stereocenters. The smallest absolute Gasteiger partial charge is 0.260 e. The molecule has 1 aliphatic carbocycles. The fourth-order valence-electron chi connectivity index (χ4n) is 5.07. The molecule has 6 rings (SSSR count). The maximum absolute atomic E-state index is 15.0. The van der Waals surface area contributed by atoms with Crippen LogP contribution in [0.2, 0.25) is 0 Å². The molecular formula is C26H24FN5O3. The first kappa shape index (κ1) is 21.7. The zero-order chi connectivity index (χ0) is 24.2. The Bertz CT molecular complexity index is 1510. The standard InChI is InChI=1S/C26H24FN5O3/c1-31-8-6-22(30-31)16-4-5-17(21(27)9-16)12-32-13-20(23-19(25(32)34)3-2-7-28-23)24(33)29-18-10-26(11-18)14-35-15-26/h2-9,13,18H,10-12,14-15H2,1H3,(H,29,33). The molecule has 4 heterocycles. The summed E-state index contributed by atoms with van der Waals surface area (Å²) in [6, 6.07) is 10.0. The molecule has 1 aliphatic heterocycles. The summed E-state index contributed by atoms with van der Waals surface area (Å²) in [6.45, 7) is 1.49. The van der Waals surface area contributed by atoms with Gasteiger partial charge in [-0.3, -0.25) is 19.3 Å². The van der Waals surface area contributed by atoms with Crippen molar-refractivity contribution in [3.8, 4) is 11.3 Å². The Labute approximate surface area is 200 Å². The zero-order valence-electron chi connectivity index (χ0n) is 19.2. The molecule has 4 aromatic rings. The number of benzene rings is 1. The van der Waals surface area contributed by atoms with E-state index in [0.717, 1.165) is 26.1 Å². The van der Waals surface area contributed by atoms with Crippen molar-refractivity contribution in [2.24, 2.45) is 12.5 Å². The lowest BCUT2D eigenvalue weighted by molar-refractivity contribution is -0.165. The summed E-state index contributed by atoms with van der Waals surface area (Å²) >= 11 is 0.